The Labute approximate surface area is 103 Å². The molecule has 92 valence electrons. The molecule has 0 aliphatic rings. The number of hydrogen-bond acceptors (Lipinski definition) is 3. The van der Waals surface area contributed by atoms with E-state index in [1.54, 1.807) is 25.1 Å². The fourth-order valence-corrected chi connectivity index (χ4v) is 1.54. The molecule has 2 aromatic rings. The Bertz CT molecular complexity index is 599. The third-order valence-electron chi connectivity index (χ3n) is 2.45. The summed E-state index contributed by atoms with van der Waals surface area (Å²) in [6.45, 7) is 1.81. The normalized spacial score (nSPS) is 10.1. The minimum atomic E-state index is -0.911. The molecule has 18 heavy (non-hydrogen) atoms. The molecule has 0 fully saturated rings. The predicted molar refractivity (Wildman–Crippen MR) is 64.3 cm³/mol. The highest BCUT2D eigenvalue weighted by Crippen LogP contribution is 2.34. The summed E-state index contributed by atoms with van der Waals surface area (Å²) in [4.78, 5) is 10.0. The van der Waals surface area contributed by atoms with Gasteiger partial charge in [0.05, 0.1) is 4.92 Å². The van der Waals surface area contributed by atoms with Crippen LogP contribution in [0.2, 0.25) is 0 Å². The maximum absolute atomic E-state index is 13.4. The number of nitro benzene ring substituents is 1. The summed E-state index contributed by atoms with van der Waals surface area (Å²) in [5.41, 5.74) is 0.164. The third kappa shape index (κ3) is 2.29. The van der Waals surface area contributed by atoms with E-state index in [0.717, 1.165) is 11.6 Å². The van der Waals surface area contributed by atoms with E-state index in [0.29, 0.717) is 5.75 Å². The summed E-state index contributed by atoms with van der Waals surface area (Å²) in [7, 11) is 0. The molecule has 0 heterocycles. The van der Waals surface area contributed by atoms with Crippen molar-refractivity contribution < 1.29 is 14.1 Å². The summed E-state index contributed by atoms with van der Waals surface area (Å²) in [6.07, 6.45) is 0. The first-order valence-corrected chi connectivity index (χ1v) is 5.26. The molecule has 2 rings (SSSR count). The van der Waals surface area contributed by atoms with Crippen molar-refractivity contribution in [2.45, 2.75) is 6.92 Å². The second-order valence-electron chi connectivity index (χ2n) is 3.71. The molecule has 5 heteroatoms. The Morgan fingerprint density at radius 1 is 1.11 bits per heavy atom. The SMILES string of the molecule is Cc1ccccc1Oc1cccc(F)c1[N+](=O)[O-]. The summed E-state index contributed by atoms with van der Waals surface area (Å²) < 4.78 is 18.8. The molecular formula is C13H10FNO3. The molecule has 0 aromatic heterocycles. The van der Waals surface area contributed by atoms with E-state index in [2.05, 4.69) is 0 Å². The second kappa shape index (κ2) is 4.83. The predicted octanol–water partition coefficient (Wildman–Crippen LogP) is 3.83. The monoisotopic (exact) mass is 247 g/mol. The Balaban J connectivity index is 2.44. The van der Waals surface area contributed by atoms with Gasteiger partial charge < -0.3 is 4.74 Å². The minimum absolute atomic E-state index is 0.102. The van der Waals surface area contributed by atoms with Crippen LogP contribution in [0.15, 0.2) is 42.5 Å². The average molecular weight is 247 g/mol. The highest BCUT2D eigenvalue weighted by Gasteiger charge is 2.21. The number of ether oxygens (including phenoxy) is 1. The van der Waals surface area contributed by atoms with E-state index < -0.39 is 16.4 Å². The van der Waals surface area contributed by atoms with E-state index in [4.69, 9.17) is 4.74 Å². The van der Waals surface area contributed by atoms with Gasteiger partial charge in [0.1, 0.15) is 5.75 Å². The van der Waals surface area contributed by atoms with Crippen LogP contribution >= 0.6 is 0 Å². The lowest BCUT2D eigenvalue weighted by Gasteiger charge is -2.08. The molecule has 0 amide bonds. The van der Waals surface area contributed by atoms with Gasteiger partial charge in [-0.05, 0) is 30.7 Å². The van der Waals surface area contributed by atoms with Gasteiger partial charge in [0.15, 0.2) is 0 Å². The van der Waals surface area contributed by atoms with Gasteiger partial charge in [0.25, 0.3) is 0 Å². The molecular weight excluding hydrogens is 237 g/mol. The number of para-hydroxylation sites is 2. The molecule has 0 unspecified atom stereocenters. The van der Waals surface area contributed by atoms with Gasteiger partial charge in [-0.15, -0.1) is 0 Å². The lowest BCUT2D eigenvalue weighted by Crippen LogP contribution is -1.97. The quantitative estimate of drug-likeness (QED) is 0.611. The van der Waals surface area contributed by atoms with Crippen molar-refractivity contribution >= 4 is 5.69 Å². The van der Waals surface area contributed by atoms with Crippen LogP contribution in [0.25, 0.3) is 0 Å². The van der Waals surface area contributed by atoms with Gasteiger partial charge in [-0.3, -0.25) is 10.1 Å². The number of benzene rings is 2. The number of rotatable bonds is 3. The molecule has 0 radical (unpaired) electrons. The summed E-state index contributed by atoms with van der Waals surface area (Å²) in [6, 6.07) is 10.8. The molecule has 4 nitrogen and oxygen atoms in total. The zero-order valence-corrected chi connectivity index (χ0v) is 9.59. The maximum Gasteiger partial charge on any atom is 0.346 e. The van der Waals surface area contributed by atoms with E-state index in [1.165, 1.54) is 12.1 Å². The first-order valence-electron chi connectivity index (χ1n) is 5.26. The van der Waals surface area contributed by atoms with Crippen LogP contribution in [0.4, 0.5) is 10.1 Å². The number of hydrogen-bond donors (Lipinski definition) is 0. The molecule has 0 aliphatic carbocycles. The van der Waals surface area contributed by atoms with Crippen LogP contribution in [0.3, 0.4) is 0 Å². The van der Waals surface area contributed by atoms with E-state index in [9.17, 15) is 14.5 Å². The maximum atomic E-state index is 13.4. The zero-order chi connectivity index (χ0) is 13.1. The number of nitrogens with zero attached hydrogens (tertiary/aromatic N) is 1. The summed E-state index contributed by atoms with van der Waals surface area (Å²) in [5, 5.41) is 10.8. The van der Waals surface area contributed by atoms with Crippen molar-refractivity contribution in [2.75, 3.05) is 0 Å². The smallest absolute Gasteiger partial charge is 0.346 e. The van der Waals surface area contributed by atoms with Gasteiger partial charge in [0.2, 0.25) is 11.6 Å². The van der Waals surface area contributed by atoms with Crippen LogP contribution in [0.5, 0.6) is 11.5 Å². The Hall–Kier alpha value is -2.43. The van der Waals surface area contributed by atoms with Gasteiger partial charge in [0, 0.05) is 0 Å². The standard InChI is InChI=1S/C13H10FNO3/c1-9-5-2-3-7-11(9)18-12-8-4-6-10(14)13(12)15(16)17/h2-8H,1H3. The van der Waals surface area contributed by atoms with Crippen LogP contribution < -0.4 is 4.74 Å². The zero-order valence-electron chi connectivity index (χ0n) is 9.59. The van der Waals surface area contributed by atoms with Gasteiger partial charge in [-0.2, -0.15) is 4.39 Å². The Morgan fingerprint density at radius 3 is 2.44 bits per heavy atom. The van der Waals surface area contributed by atoms with Crippen molar-refractivity contribution in [1.29, 1.82) is 0 Å². The van der Waals surface area contributed by atoms with Crippen molar-refractivity contribution in [3.8, 4) is 11.5 Å². The van der Waals surface area contributed by atoms with Gasteiger partial charge >= 0.3 is 5.69 Å². The first kappa shape index (κ1) is 12.0. The van der Waals surface area contributed by atoms with Crippen molar-refractivity contribution in [1.82, 2.24) is 0 Å². The highest BCUT2D eigenvalue weighted by molar-refractivity contribution is 5.50. The fourth-order valence-electron chi connectivity index (χ4n) is 1.54. The van der Waals surface area contributed by atoms with Crippen molar-refractivity contribution in [3.05, 3.63) is 64.0 Å². The second-order valence-corrected chi connectivity index (χ2v) is 3.71. The largest absolute Gasteiger partial charge is 0.450 e. The van der Waals surface area contributed by atoms with Crippen LogP contribution in [-0.4, -0.2) is 4.92 Å². The van der Waals surface area contributed by atoms with E-state index in [-0.39, 0.29) is 5.75 Å². The Morgan fingerprint density at radius 2 is 1.78 bits per heavy atom. The molecule has 0 saturated heterocycles. The lowest BCUT2D eigenvalue weighted by atomic mass is 10.2. The average Bonchev–Trinajstić information content (AvgIpc) is 2.31. The summed E-state index contributed by atoms with van der Waals surface area (Å²) in [5.74, 6) is -0.549. The number of nitro groups is 1. The molecule has 0 bridgehead atoms. The Kier molecular flexibility index (Phi) is 3.23. The number of halogens is 1. The topological polar surface area (TPSA) is 52.4 Å². The molecule has 2 aromatic carbocycles. The van der Waals surface area contributed by atoms with Crippen LogP contribution in [-0.2, 0) is 0 Å². The molecule has 0 saturated carbocycles. The minimum Gasteiger partial charge on any atom is -0.450 e. The molecule has 0 N–H and O–H groups in total. The lowest BCUT2D eigenvalue weighted by molar-refractivity contribution is -0.388. The fraction of sp³-hybridized carbons (Fsp3) is 0.0769. The van der Waals surface area contributed by atoms with E-state index in [1.807, 2.05) is 6.07 Å². The van der Waals surface area contributed by atoms with Crippen LogP contribution in [0.1, 0.15) is 5.56 Å². The van der Waals surface area contributed by atoms with Crippen molar-refractivity contribution in [3.63, 3.8) is 0 Å². The first-order chi connectivity index (χ1) is 8.59. The number of aryl methyl sites for hydroxylation is 1. The van der Waals surface area contributed by atoms with E-state index >= 15 is 0 Å². The van der Waals surface area contributed by atoms with Crippen molar-refractivity contribution in [2.24, 2.45) is 0 Å². The van der Waals surface area contributed by atoms with Gasteiger partial charge in [-0.25, -0.2) is 0 Å². The van der Waals surface area contributed by atoms with Gasteiger partial charge in [-0.1, -0.05) is 24.3 Å². The molecule has 0 spiro atoms. The van der Waals surface area contributed by atoms with Crippen LogP contribution in [0, 0.1) is 22.9 Å². The summed E-state index contributed by atoms with van der Waals surface area (Å²) >= 11 is 0. The third-order valence-corrected chi connectivity index (χ3v) is 2.45. The molecule has 0 atom stereocenters. The highest BCUT2D eigenvalue weighted by atomic mass is 19.1. The molecule has 0 aliphatic heterocycles.